The highest BCUT2D eigenvalue weighted by Crippen LogP contribution is 2.49. The van der Waals surface area contributed by atoms with Crippen molar-refractivity contribution < 1.29 is 9.66 Å². The maximum atomic E-state index is 11.1. The summed E-state index contributed by atoms with van der Waals surface area (Å²) in [5.41, 5.74) is 0.905. The third-order valence-corrected chi connectivity index (χ3v) is 3.76. The second-order valence-corrected chi connectivity index (χ2v) is 4.82. The number of nitrogens with one attached hydrogen (secondary N) is 1. The van der Waals surface area contributed by atoms with Crippen LogP contribution < -0.4 is 10.1 Å². The van der Waals surface area contributed by atoms with Gasteiger partial charge in [0.2, 0.25) is 0 Å². The predicted molar refractivity (Wildman–Crippen MR) is 70.1 cm³/mol. The maximum absolute atomic E-state index is 11.1. The number of nitrogens with zero attached hydrogens (tertiary/aromatic N) is 1. The van der Waals surface area contributed by atoms with Gasteiger partial charge in [0.05, 0.1) is 12.0 Å². The Hall–Kier alpha value is -1.78. The van der Waals surface area contributed by atoms with E-state index in [-0.39, 0.29) is 5.69 Å². The molecule has 0 unspecified atom stereocenters. The Morgan fingerprint density at radius 3 is 2.72 bits per heavy atom. The molecule has 98 valence electrons. The molecule has 0 amide bonds. The quantitative estimate of drug-likeness (QED) is 0.622. The zero-order valence-electron chi connectivity index (χ0n) is 10.7. The lowest BCUT2D eigenvalue weighted by Gasteiger charge is -2.15. The van der Waals surface area contributed by atoms with Gasteiger partial charge in [-0.05, 0) is 36.8 Å². The zero-order valence-corrected chi connectivity index (χ0v) is 10.7. The van der Waals surface area contributed by atoms with Crippen molar-refractivity contribution in [3.63, 3.8) is 0 Å². The van der Waals surface area contributed by atoms with Crippen molar-refractivity contribution in [1.82, 2.24) is 0 Å². The summed E-state index contributed by atoms with van der Waals surface area (Å²) in [7, 11) is 1.44. The average molecular weight is 250 g/mol. The van der Waals surface area contributed by atoms with Crippen LogP contribution in [0.15, 0.2) is 18.2 Å². The summed E-state index contributed by atoms with van der Waals surface area (Å²) in [6, 6.07) is 5.10. The van der Waals surface area contributed by atoms with E-state index in [0.717, 1.165) is 13.0 Å². The number of ether oxygens (including phenoxy) is 1. The molecule has 5 heteroatoms. The number of rotatable bonds is 6. The Labute approximate surface area is 106 Å². The fourth-order valence-corrected chi connectivity index (χ4v) is 2.13. The summed E-state index contributed by atoms with van der Waals surface area (Å²) in [6.45, 7) is 2.95. The van der Waals surface area contributed by atoms with Gasteiger partial charge in [-0.25, -0.2) is 0 Å². The van der Waals surface area contributed by atoms with E-state index in [0.29, 0.717) is 16.9 Å². The van der Waals surface area contributed by atoms with Crippen LogP contribution in [0.25, 0.3) is 0 Å². The van der Waals surface area contributed by atoms with E-state index >= 15 is 0 Å². The standard InChI is InChI=1S/C13H18N2O3/c1-3-13(7-8-13)9-14-10-5-4-6-11(18-2)12(10)15(16)17/h4-6,14H,3,7-9H2,1-2H3. The first kappa shape index (κ1) is 12.7. The Morgan fingerprint density at radius 2 is 2.22 bits per heavy atom. The monoisotopic (exact) mass is 250 g/mol. The smallest absolute Gasteiger partial charge is 0.333 e. The van der Waals surface area contributed by atoms with Gasteiger partial charge in [0.1, 0.15) is 5.69 Å². The fraction of sp³-hybridized carbons (Fsp3) is 0.538. The predicted octanol–water partition coefficient (Wildman–Crippen LogP) is 3.21. The summed E-state index contributed by atoms with van der Waals surface area (Å²) < 4.78 is 5.04. The molecular weight excluding hydrogens is 232 g/mol. The number of hydrogen-bond donors (Lipinski definition) is 1. The lowest BCUT2D eigenvalue weighted by atomic mass is 10.0. The van der Waals surface area contributed by atoms with E-state index in [1.165, 1.54) is 20.0 Å². The molecule has 0 aromatic heterocycles. The summed E-state index contributed by atoms with van der Waals surface area (Å²) >= 11 is 0. The molecule has 18 heavy (non-hydrogen) atoms. The highest BCUT2D eigenvalue weighted by Gasteiger charge is 2.40. The molecule has 1 N–H and O–H groups in total. The van der Waals surface area contributed by atoms with Crippen molar-refractivity contribution in [2.45, 2.75) is 26.2 Å². The second kappa shape index (κ2) is 4.84. The van der Waals surface area contributed by atoms with Crippen molar-refractivity contribution in [3.8, 4) is 5.75 Å². The SMILES string of the molecule is CCC1(CNc2cccc(OC)c2[N+](=O)[O-])CC1. The minimum absolute atomic E-state index is 0.0203. The van der Waals surface area contributed by atoms with Gasteiger partial charge in [0.25, 0.3) is 0 Å². The Bertz CT molecular complexity index is 456. The zero-order chi connectivity index (χ0) is 13.2. The van der Waals surface area contributed by atoms with Crippen molar-refractivity contribution in [3.05, 3.63) is 28.3 Å². The molecule has 2 rings (SSSR count). The van der Waals surface area contributed by atoms with Crippen LogP contribution in [0.2, 0.25) is 0 Å². The first-order valence-electron chi connectivity index (χ1n) is 6.17. The van der Waals surface area contributed by atoms with Crippen molar-refractivity contribution in [1.29, 1.82) is 0 Å². The molecule has 1 aliphatic rings. The Kier molecular flexibility index (Phi) is 3.41. The van der Waals surface area contributed by atoms with Crippen LogP contribution in [0, 0.1) is 15.5 Å². The number of anilines is 1. The average Bonchev–Trinajstić information content (AvgIpc) is 3.16. The summed E-state index contributed by atoms with van der Waals surface area (Å²) in [5.74, 6) is 0.298. The molecule has 1 aliphatic carbocycles. The maximum Gasteiger partial charge on any atom is 0.333 e. The molecule has 0 spiro atoms. The van der Waals surface area contributed by atoms with Gasteiger partial charge in [0.15, 0.2) is 5.75 Å². The number of para-hydroxylation sites is 1. The third kappa shape index (κ3) is 2.39. The lowest BCUT2D eigenvalue weighted by molar-refractivity contribution is -0.384. The molecule has 0 radical (unpaired) electrons. The first-order valence-corrected chi connectivity index (χ1v) is 6.17. The molecule has 0 atom stereocenters. The molecule has 1 aromatic carbocycles. The van der Waals surface area contributed by atoms with Crippen LogP contribution in [-0.4, -0.2) is 18.6 Å². The van der Waals surface area contributed by atoms with E-state index < -0.39 is 4.92 Å². The van der Waals surface area contributed by atoms with E-state index in [9.17, 15) is 10.1 Å². The molecule has 0 aliphatic heterocycles. The summed E-state index contributed by atoms with van der Waals surface area (Å²) in [5, 5.41) is 14.3. The van der Waals surface area contributed by atoms with Gasteiger partial charge in [-0.15, -0.1) is 0 Å². The first-order chi connectivity index (χ1) is 8.62. The molecule has 0 bridgehead atoms. The van der Waals surface area contributed by atoms with E-state index in [4.69, 9.17) is 4.74 Å². The minimum Gasteiger partial charge on any atom is -0.490 e. The lowest BCUT2D eigenvalue weighted by Crippen LogP contribution is -2.15. The van der Waals surface area contributed by atoms with E-state index in [1.807, 2.05) is 0 Å². The fourth-order valence-electron chi connectivity index (χ4n) is 2.13. The Balaban J connectivity index is 2.19. The number of benzene rings is 1. The van der Waals surface area contributed by atoms with Crippen LogP contribution >= 0.6 is 0 Å². The molecular formula is C13H18N2O3. The van der Waals surface area contributed by atoms with Crippen LogP contribution in [-0.2, 0) is 0 Å². The van der Waals surface area contributed by atoms with Crippen molar-refractivity contribution in [2.24, 2.45) is 5.41 Å². The van der Waals surface area contributed by atoms with Gasteiger partial charge < -0.3 is 10.1 Å². The van der Waals surface area contributed by atoms with Crippen molar-refractivity contribution >= 4 is 11.4 Å². The van der Waals surface area contributed by atoms with Crippen LogP contribution in [0.1, 0.15) is 26.2 Å². The molecule has 1 saturated carbocycles. The van der Waals surface area contributed by atoms with Crippen LogP contribution in [0.4, 0.5) is 11.4 Å². The largest absolute Gasteiger partial charge is 0.490 e. The number of hydrogen-bond acceptors (Lipinski definition) is 4. The number of nitro benzene ring substituents is 1. The van der Waals surface area contributed by atoms with Gasteiger partial charge in [0, 0.05) is 6.54 Å². The topological polar surface area (TPSA) is 64.4 Å². The van der Waals surface area contributed by atoms with Gasteiger partial charge in [-0.3, -0.25) is 10.1 Å². The number of methoxy groups -OCH3 is 1. The normalized spacial score (nSPS) is 16.1. The molecule has 5 nitrogen and oxygen atoms in total. The van der Waals surface area contributed by atoms with Gasteiger partial charge in [-0.1, -0.05) is 13.0 Å². The minimum atomic E-state index is -0.396. The summed E-state index contributed by atoms with van der Waals surface area (Å²) in [6.07, 6.45) is 3.51. The van der Waals surface area contributed by atoms with Crippen LogP contribution in [0.5, 0.6) is 5.75 Å². The van der Waals surface area contributed by atoms with Crippen molar-refractivity contribution in [2.75, 3.05) is 19.0 Å². The molecule has 0 heterocycles. The summed E-state index contributed by atoms with van der Waals surface area (Å²) in [4.78, 5) is 10.7. The van der Waals surface area contributed by atoms with E-state index in [2.05, 4.69) is 12.2 Å². The molecule has 0 saturated heterocycles. The van der Waals surface area contributed by atoms with Gasteiger partial charge >= 0.3 is 5.69 Å². The third-order valence-electron chi connectivity index (χ3n) is 3.76. The molecule has 1 aromatic rings. The van der Waals surface area contributed by atoms with Gasteiger partial charge in [-0.2, -0.15) is 0 Å². The highest BCUT2D eigenvalue weighted by molar-refractivity contribution is 5.68. The van der Waals surface area contributed by atoms with Crippen LogP contribution in [0.3, 0.4) is 0 Å². The number of nitro groups is 1. The molecule has 1 fully saturated rings. The second-order valence-electron chi connectivity index (χ2n) is 4.82. The Morgan fingerprint density at radius 1 is 1.50 bits per heavy atom. The van der Waals surface area contributed by atoms with E-state index in [1.54, 1.807) is 18.2 Å². The highest BCUT2D eigenvalue weighted by atomic mass is 16.6.